The molecule has 2 spiro atoms. The molecule has 5 saturated carbocycles. The normalized spacial score (nSPS) is 51.2. The average Bonchev–Trinajstić information content (AvgIpc) is 3.30. The van der Waals surface area contributed by atoms with Crippen LogP contribution in [0.2, 0.25) is 0 Å². The van der Waals surface area contributed by atoms with Crippen molar-refractivity contribution in [3.8, 4) is 0 Å². The molecule has 1 aromatic rings. The summed E-state index contributed by atoms with van der Waals surface area (Å²) in [6.45, 7) is 18.4. The molecule has 9 nitrogen and oxygen atoms in total. The second-order valence-electron chi connectivity index (χ2n) is 18.8. The number of hydrogen-bond donors (Lipinski definition) is 3. The van der Waals surface area contributed by atoms with Crippen LogP contribution in [0.5, 0.6) is 0 Å². The van der Waals surface area contributed by atoms with E-state index in [2.05, 4.69) is 44.5 Å². The quantitative estimate of drug-likeness (QED) is 0.382. The van der Waals surface area contributed by atoms with Gasteiger partial charge in [0.1, 0.15) is 12.4 Å². The Morgan fingerprint density at radius 2 is 1.83 bits per heavy atom. The van der Waals surface area contributed by atoms with E-state index in [9.17, 15) is 15.3 Å². The number of nitrogens with zero attached hydrogens (tertiary/aromatic N) is 2. The van der Waals surface area contributed by atoms with Gasteiger partial charge in [0.25, 0.3) is 0 Å². The van der Waals surface area contributed by atoms with Crippen molar-refractivity contribution in [1.29, 1.82) is 0 Å². The van der Waals surface area contributed by atoms with Gasteiger partial charge in [-0.05, 0) is 111 Å². The molecule has 0 radical (unpaired) electrons. The molecule has 7 fully saturated rings. The largest absolute Gasteiger partial charge is 0.451 e. The van der Waals surface area contributed by atoms with Crippen LogP contribution >= 0.6 is 0 Å². The first-order chi connectivity index (χ1) is 22.1. The van der Waals surface area contributed by atoms with E-state index in [1.807, 2.05) is 0 Å². The molecular weight excluding hydrogens is 596 g/mol. The zero-order valence-electron chi connectivity index (χ0n) is 29.8. The minimum absolute atomic E-state index is 0.0281. The average molecular weight is 657 g/mol. The van der Waals surface area contributed by atoms with E-state index in [0.29, 0.717) is 36.2 Å². The zero-order chi connectivity index (χ0) is 33.4. The van der Waals surface area contributed by atoms with Crippen LogP contribution in [0.4, 0.5) is 0 Å². The summed E-state index contributed by atoms with van der Waals surface area (Å²) in [4.78, 5) is 6.66. The number of oxazole rings is 1. The van der Waals surface area contributed by atoms with Crippen LogP contribution in [-0.2, 0) is 20.8 Å². The molecule has 9 unspecified atom stereocenters. The summed E-state index contributed by atoms with van der Waals surface area (Å²) in [7, 11) is 0. The van der Waals surface area contributed by atoms with Crippen LogP contribution in [0.15, 0.2) is 17.1 Å². The number of hydrogen-bond acceptors (Lipinski definition) is 9. The highest BCUT2D eigenvalue weighted by Gasteiger charge is 2.84. The van der Waals surface area contributed by atoms with Gasteiger partial charge < -0.3 is 33.9 Å². The number of aromatic nitrogens is 1. The molecule has 3 heterocycles. The Morgan fingerprint density at radius 1 is 1.09 bits per heavy atom. The second kappa shape index (κ2) is 10.7. The molecular formula is C38H60N2O7. The number of aliphatic hydroxyl groups excluding tert-OH is 2. The highest BCUT2D eigenvalue weighted by molar-refractivity contribution is 5.33. The SMILES string of the molecule is C[C@@H]1CC(C(O)C(C)(C)O)OC2[C@H]1C1(C)CCC34CC35CCC(OC3CN(Cc6cocn6)CCO3)C(C)(C)[C@@H]5CCC4[C@]1(C)[C@H]2O. The van der Waals surface area contributed by atoms with Crippen molar-refractivity contribution in [1.82, 2.24) is 9.88 Å². The summed E-state index contributed by atoms with van der Waals surface area (Å²) in [6, 6.07) is 0. The lowest BCUT2D eigenvalue weighted by atomic mass is 9.41. The third-order valence-electron chi connectivity index (χ3n) is 16.1. The number of fused-ring (bicyclic) bond motifs is 4. The van der Waals surface area contributed by atoms with Crippen LogP contribution in [0.3, 0.4) is 0 Å². The van der Waals surface area contributed by atoms with Crippen LogP contribution in [0.1, 0.15) is 106 Å². The van der Waals surface area contributed by atoms with Crippen molar-refractivity contribution in [2.75, 3.05) is 19.7 Å². The van der Waals surface area contributed by atoms with Crippen molar-refractivity contribution in [2.24, 2.45) is 50.7 Å². The molecule has 1 aromatic heterocycles. The summed E-state index contributed by atoms with van der Waals surface area (Å²) in [6.07, 6.45) is 9.71. The van der Waals surface area contributed by atoms with E-state index in [1.54, 1.807) is 20.1 Å². The van der Waals surface area contributed by atoms with E-state index < -0.39 is 23.9 Å². The van der Waals surface area contributed by atoms with Crippen LogP contribution in [-0.4, -0.2) is 87.3 Å². The smallest absolute Gasteiger partial charge is 0.180 e. The van der Waals surface area contributed by atoms with Gasteiger partial charge in [0.15, 0.2) is 12.7 Å². The highest BCUT2D eigenvalue weighted by atomic mass is 16.7. The summed E-state index contributed by atoms with van der Waals surface area (Å²) in [5.41, 5.74) is 0.0318. The Labute approximate surface area is 281 Å². The minimum atomic E-state index is -1.25. The molecule has 2 saturated heterocycles. The minimum Gasteiger partial charge on any atom is -0.451 e. The fourth-order valence-corrected chi connectivity index (χ4v) is 13.8. The van der Waals surface area contributed by atoms with Crippen molar-refractivity contribution < 1.29 is 33.9 Å². The molecule has 0 bridgehead atoms. The second-order valence-corrected chi connectivity index (χ2v) is 18.8. The first-order valence-corrected chi connectivity index (χ1v) is 18.7. The Bertz CT molecular complexity index is 1330. The van der Waals surface area contributed by atoms with Gasteiger partial charge in [-0.15, -0.1) is 0 Å². The molecule has 2 aliphatic heterocycles. The zero-order valence-corrected chi connectivity index (χ0v) is 29.8. The molecule has 3 N–H and O–H groups in total. The molecule has 14 atom stereocenters. The van der Waals surface area contributed by atoms with E-state index in [0.717, 1.165) is 44.6 Å². The predicted molar refractivity (Wildman–Crippen MR) is 175 cm³/mol. The van der Waals surface area contributed by atoms with E-state index in [4.69, 9.17) is 18.6 Å². The molecule has 0 amide bonds. The Kier molecular flexibility index (Phi) is 7.55. The van der Waals surface area contributed by atoms with E-state index in [1.165, 1.54) is 32.1 Å². The number of rotatable bonds is 6. The summed E-state index contributed by atoms with van der Waals surface area (Å²) >= 11 is 0. The van der Waals surface area contributed by atoms with Crippen LogP contribution in [0, 0.1) is 50.7 Å². The molecule has 7 aliphatic rings. The van der Waals surface area contributed by atoms with E-state index >= 15 is 0 Å². The van der Waals surface area contributed by atoms with Gasteiger partial charge in [-0.3, -0.25) is 4.90 Å². The summed E-state index contributed by atoms with van der Waals surface area (Å²) in [5.74, 6) is 1.60. The third-order valence-corrected chi connectivity index (χ3v) is 16.1. The van der Waals surface area contributed by atoms with Crippen molar-refractivity contribution >= 4 is 0 Å². The monoisotopic (exact) mass is 656 g/mol. The fraction of sp³-hybridized carbons (Fsp3) is 0.921. The van der Waals surface area contributed by atoms with Crippen LogP contribution in [0.25, 0.3) is 0 Å². The standard InChI is InChI=1S/C38H60N2O7/c1-22-16-24(31(41)34(4,5)43)46-30-29(22)35(6)12-13-38-20-37(38)11-10-27(33(2,3)25(37)8-9-26(38)36(35,7)32(30)42)47-28-18-40(14-15-45-28)17-23-19-44-21-39-23/h19,21-22,24-32,41-43H,8-18,20H2,1-7H3/t22-,24?,25+,26?,27?,28?,29+,30?,31?,32+,35?,36-,37?,38?/m1/s1. The molecule has 0 aromatic carbocycles. The lowest BCUT2D eigenvalue weighted by Gasteiger charge is -2.64. The molecule has 8 rings (SSSR count). The van der Waals surface area contributed by atoms with Crippen molar-refractivity contribution in [3.05, 3.63) is 18.4 Å². The highest BCUT2D eigenvalue weighted by Crippen LogP contribution is 2.89. The first-order valence-electron chi connectivity index (χ1n) is 18.7. The first kappa shape index (κ1) is 33.1. The Hall–Kier alpha value is -1.07. The molecule has 47 heavy (non-hydrogen) atoms. The van der Waals surface area contributed by atoms with Gasteiger partial charge in [0.05, 0.1) is 48.9 Å². The van der Waals surface area contributed by atoms with Gasteiger partial charge in [0.2, 0.25) is 0 Å². The van der Waals surface area contributed by atoms with Crippen LogP contribution < -0.4 is 0 Å². The maximum absolute atomic E-state index is 12.4. The Morgan fingerprint density at radius 3 is 2.55 bits per heavy atom. The van der Waals surface area contributed by atoms with E-state index in [-0.39, 0.29) is 46.1 Å². The maximum Gasteiger partial charge on any atom is 0.180 e. The van der Waals surface area contributed by atoms with Crippen molar-refractivity contribution in [3.63, 3.8) is 0 Å². The van der Waals surface area contributed by atoms with Gasteiger partial charge >= 0.3 is 0 Å². The van der Waals surface area contributed by atoms with Gasteiger partial charge in [-0.1, -0.05) is 34.6 Å². The van der Waals surface area contributed by atoms with Gasteiger partial charge in [0, 0.05) is 18.5 Å². The number of aliphatic hydroxyl groups is 3. The number of morpholine rings is 1. The topological polar surface area (TPSA) is 118 Å². The van der Waals surface area contributed by atoms with Gasteiger partial charge in [-0.2, -0.15) is 0 Å². The fourth-order valence-electron chi connectivity index (χ4n) is 13.8. The molecule has 9 heteroatoms. The lowest BCUT2D eigenvalue weighted by Crippen LogP contribution is -2.60. The molecule has 5 aliphatic carbocycles. The number of ether oxygens (including phenoxy) is 3. The maximum atomic E-state index is 12.4. The third kappa shape index (κ3) is 4.48. The summed E-state index contributed by atoms with van der Waals surface area (Å²) < 4.78 is 25.0. The Balaban J connectivity index is 1.01. The molecule has 264 valence electrons. The summed E-state index contributed by atoms with van der Waals surface area (Å²) in [5, 5.41) is 34.1. The predicted octanol–water partition coefficient (Wildman–Crippen LogP) is 5.16. The van der Waals surface area contributed by atoms with Crippen molar-refractivity contribution in [2.45, 2.75) is 149 Å². The van der Waals surface area contributed by atoms with Gasteiger partial charge in [-0.25, -0.2) is 4.98 Å². The lowest BCUT2D eigenvalue weighted by molar-refractivity contribution is -0.249.